The maximum absolute atomic E-state index is 11.8. The zero-order chi connectivity index (χ0) is 13.7. The van der Waals surface area contributed by atoms with Crippen molar-refractivity contribution in [3.63, 3.8) is 0 Å². The van der Waals surface area contributed by atoms with Crippen molar-refractivity contribution in [3.05, 3.63) is 29.6 Å². The number of likely N-dealkylation sites (N-methyl/N-ethyl adjacent to an activating group) is 1. The van der Waals surface area contributed by atoms with Crippen LogP contribution in [0.25, 0.3) is 0 Å². The van der Waals surface area contributed by atoms with Crippen LogP contribution in [0.5, 0.6) is 0 Å². The Morgan fingerprint density at radius 1 is 1.39 bits per heavy atom. The molecule has 6 heteroatoms. The van der Waals surface area contributed by atoms with E-state index in [1.165, 1.54) is 18.2 Å². The second-order valence-corrected chi connectivity index (χ2v) is 4.35. The van der Waals surface area contributed by atoms with Crippen molar-refractivity contribution in [2.45, 2.75) is 13.0 Å². The molecule has 0 spiro atoms. The molecule has 0 saturated carbocycles. The average Bonchev–Trinajstić information content (AvgIpc) is 2.27. The molecular formula is C12H17N3O3. The highest BCUT2D eigenvalue weighted by Gasteiger charge is 2.13. The molecule has 2 N–H and O–H groups in total. The van der Waals surface area contributed by atoms with Crippen molar-refractivity contribution in [2.24, 2.45) is 0 Å². The van der Waals surface area contributed by atoms with E-state index < -0.39 is 5.97 Å². The molecule has 0 fully saturated rings. The Hall–Kier alpha value is -1.95. The molecule has 18 heavy (non-hydrogen) atoms. The minimum Gasteiger partial charge on any atom is -0.477 e. The van der Waals surface area contributed by atoms with Crippen molar-refractivity contribution in [2.75, 3.05) is 20.6 Å². The number of hydrogen-bond donors (Lipinski definition) is 2. The third kappa shape index (κ3) is 4.14. The Balaban J connectivity index is 2.72. The summed E-state index contributed by atoms with van der Waals surface area (Å²) in [5.41, 5.74) is -0.0246. The van der Waals surface area contributed by atoms with Gasteiger partial charge in [-0.05, 0) is 33.2 Å². The standard InChI is InChI=1S/C12H17N3O3/c1-8(7-15(2)3)13-11(16)9-5-4-6-10(14-9)12(17)18/h4-6,8H,7H2,1-3H3,(H,13,16)(H,17,18). The van der Waals surface area contributed by atoms with Crippen LogP contribution in [0.15, 0.2) is 18.2 Å². The van der Waals surface area contributed by atoms with Gasteiger partial charge in [-0.2, -0.15) is 0 Å². The summed E-state index contributed by atoms with van der Waals surface area (Å²) in [6.07, 6.45) is 0. The van der Waals surface area contributed by atoms with Gasteiger partial charge in [0.15, 0.2) is 0 Å². The summed E-state index contributed by atoms with van der Waals surface area (Å²) in [7, 11) is 3.82. The van der Waals surface area contributed by atoms with E-state index in [4.69, 9.17) is 5.11 Å². The predicted molar refractivity (Wildman–Crippen MR) is 66.7 cm³/mol. The lowest BCUT2D eigenvalue weighted by Crippen LogP contribution is -2.39. The Morgan fingerprint density at radius 2 is 2.00 bits per heavy atom. The SMILES string of the molecule is CC(CN(C)C)NC(=O)c1cccc(C(=O)O)n1. The number of aromatic carboxylic acids is 1. The van der Waals surface area contributed by atoms with E-state index in [9.17, 15) is 9.59 Å². The van der Waals surface area contributed by atoms with E-state index in [1.807, 2.05) is 25.9 Å². The van der Waals surface area contributed by atoms with Gasteiger partial charge in [-0.15, -0.1) is 0 Å². The van der Waals surface area contributed by atoms with Crippen molar-refractivity contribution >= 4 is 11.9 Å². The monoisotopic (exact) mass is 251 g/mol. The molecule has 0 aromatic carbocycles. The van der Waals surface area contributed by atoms with Crippen LogP contribution in [0.4, 0.5) is 0 Å². The Morgan fingerprint density at radius 3 is 2.56 bits per heavy atom. The van der Waals surface area contributed by atoms with Gasteiger partial charge in [0.25, 0.3) is 5.91 Å². The highest BCUT2D eigenvalue weighted by Crippen LogP contribution is 2.00. The van der Waals surface area contributed by atoms with E-state index >= 15 is 0 Å². The van der Waals surface area contributed by atoms with Crippen LogP contribution in [-0.2, 0) is 0 Å². The van der Waals surface area contributed by atoms with Crippen LogP contribution in [-0.4, -0.2) is 53.5 Å². The summed E-state index contributed by atoms with van der Waals surface area (Å²) in [5, 5.41) is 11.5. The highest BCUT2D eigenvalue weighted by atomic mass is 16.4. The van der Waals surface area contributed by atoms with Gasteiger partial charge < -0.3 is 15.3 Å². The third-order valence-corrected chi connectivity index (χ3v) is 2.22. The summed E-state index contributed by atoms with van der Waals surface area (Å²) < 4.78 is 0. The molecule has 1 aromatic heterocycles. The molecule has 1 atom stereocenters. The van der Waals surface area contributed by atoms with Gasteiger partial charge in [0, 0.05) is 12.6 Å². The van der Waals surface area contributed by atoms with Gasteiger partial charge in [0.2, 0.25) is 0 Å². The second-order valence-electron chi connectivity index (χ2n) is 4.35. The number of hydrogen-bond acceptors (Lipinski definition) is 4. The van der Waals surface area contributed by atoms with Gasteiger partial charge in [0.05, 0.1) is 0 Å². The Labute approximate surface area is 106 Å². The number of carbonyl (C=O) groups is 2. The number of rotatable bonds is 5. The summed E-state index contributed by atoms with van der Waals surface area (Å²) >= 11 is 0. The smallest absolute Gasteiger partial charge is 0.354 e. The Kier molecular flexibility index (Phi) is 4.79. The summed E-state index contributed by atoms with van der Waals surface area (Å²) in [6, 6.07) is 4.30. The normalized spacial score (nSPS) is 12.2. The molecule has 6 nitrogen and oxygen atoms in total. The zero-order valence-corrected chi connectivity index (χ0v) is 10.7. The van der Waals surface area contributed by atoms with Crippen molar-refractivity contribution in [1.82, 2.24) is 15.2 Å². The van der Waals surface area contributed by atoms with E-state index in [2.05, 4.69) is 10.3 Å². The van der Waals surface area contributed by atoms with Gasteiger partial charge in [-0.3, -0.25) is 4.79 Å². The molecule has 1 aromatic rings. The van der Waals surface area contributed by atoms with Crippen LogP contribution in [0.1, 0.15) is 27.9 Å². The number of carbonyl (C=O) groups excluding carboxylic acids is 1. The summed E-state index contributed by atoms with van der Waals surface area (Å²) in [5.74, 6) is -1.52. The van der Waals surface area contributed by atoms with Crippen LogP contribution in [0.2, 0.25) is 0 Å². The van der Waals surface area contributed by atoms with Gasteiger partial charge >= 0.3 is 5.97 Å². The van der Waals surface area contributed by atoms with Gasteiger partial charge in [0.1, 0.15) is 11.4 Å². The highest BCUT2D eigenvalue weighted by molar-refractivity contribution is 5.94. The lowest BCUT2D eigenvalue weighted by Gasteiger charge is -2.18. The molecule has 1 rings (SSSR count). The van der Waals surface area contributed by atoms with Crippen LogP contribution in [0, 0.1) is 0 Å². The van der Waals surface area contributed by atoms with Gasteiger partial charge in [-0.25, -0.2) is 9.78 Å². The molecule has 0 aliphatic carbocycles. The van der Waals surface area contributed by atoms with E-state index in [-0.39, 0.29) is 23.3 Å². The zero-order valence-electron chi connectivity index (χ0n) is 10.7. The van der Waals surface area contributed by atoms with Crippen LogP contribution >= 0.6 is 0 Å². The molecule has 0 saturated heterocycles. The molecule has 0 radical (unpaired) electrons. The molecule has 1 heterocycles. The quantitative estimate of drug-likeness (QED) is 0.794. The van der Waals surface area contributed by atoms with Crippen LogP contribution < -0.4 is 5.32 Å². The number of carboxylic acids is 1. The van der Waals surface area contributed by atoms with E-state index in [0.29, 0.717) is 6.54 Å². The molecule has 1 amide bonds. The first-order chi connectivity index (χ1) is 8.40. The fraction of sp³-hybridized carbons (Fsp3) is 0.417. The first-order valence-electron chi connectivity index (χ1n) is 5.56. The summed E-state index contributed by atoms with van der Waals surface area (Å²) in [6.45, 7) is 2.57. The van der Waals surface area contributed by atoms with Crippen molar-refractivity contribution < 1.29 is 14.7 Å². The first-order valence-corrected chi connectivity index (χ1v) is 5.56. The minimum absolute atomic E-state index is 0.0391. The van der Waals surface area contributed by atoms with Crippen molar-refractivity contribution in [3.8, 4) is 0 Å². The van der Waals surface area contributed by atoms with Crippen molar-refractivity contribution in [1.29, 1.82) is 0 Å². The lowest BCUT2D eigenvalue weighted by atomic mass is 10.2. The average molecular weight is 251 g/mol. The number of carboxylic acid groups (broad SMARTS) is 1. The maximum Gasteiger partial charge on any atom is 0.354 e. The third-order valence-electron chi connectivity index (χ3n) is 2.22. The first kappa shape index (κ1) is 14.1. The predicted octanol–water partition coefficient (Wildman–Crippen LogP) is 0.460. The van der Waals surface area contributed by atoms with E-state index in [0.717, 1.165) is 0 Å². The van der Waals surface area contributed by atoms with Gasteiger partial charge in [-0.1, -0.05) is 6.07 Å². The molecule has 98 valence electrons. The second kappa shape index (κ2) is 6.11. The molecule has 1 unspecified atom stereocenters. The number of aromatic nitrogens is 1. The molecule has 0 aliphatic heterocycles. The Bertz CT molecular complexity index is 446. The largest absolute Gasteiger partial charge is 0.477 e. The fourth-order valence-electron chi connectivity index (χ4n) is 1.57. The van der Waals surface area contributed by atoms with E-state index in [1.54, 1.807) is 0 Å². The minimum atomic E-state index is -1.15. The molecule has 0 bridgehead atoms. The molecule has 0 aliphatic rings. The molecular weight excluding hydrogens is 234 g/mol. The topological polar surface area (TPSA) is 82.5 Å². The number of pyridine rings is 1. The lowest BCUT2D eigenvalue weighted by molar-refractivity contribution is 0.0690. The number of nitrogens with one attached hydrogen (secondary N) is 1. The van der Waals surface area contributed by atoms with Crippen LogP contribution in [0.3, 0.4) is 0 Å². The maximum atomic E-state index is 11.8. The number of nitrogens with zero attached hydrogens (tertiary/aromatic N) is 2. The fourth-order valence-corrected chi connectivity index (χ4v) is 1.57. The number of amides is 1. The summed E-state index contributed by atoms with van der Waals surface area (Å²) in [4.78, 5) is 28.3.